The number of nitrogens with one attached hydrogen (secondary N) is 1. The number of allylic oxidation sites excluding steroid dienone is 1. The lowest BCUT2D eigenvalue weighted by Crippen LogP contribution is -2.47. The fourth-order valence-corrected chi connectivity index (χ4v) is 4.69. The second-order valence-corrected chi connectivity index (χ2v) is 7.74. The Hall–Kier alpha value is -2.67. The number of benzene rings is 1. The molecule has 7 nitrogen and oxygen atoms in total. The Bertz CT molecular complexity index is 794. The number of nitrogens with zero attached hydrogens (tertiary/aromatic N) is 1. The molecule has 2 aliphatic rings. The average Bonchev–Trinajstić information content (AvgIpc) is 3.04. The van der Waals surface area contributed by atoms with Crippen molar-refractivity contribution in [2.75, 3.05) is 19.8 Å². The molecule has 162 valence electrons. The Balaban J connectivity index is 1.87. The molecule has 1 saturated heterocycles. The molecule has 0 unspecified atom stereocenters. The van der Waals surface area contributed by atoms with Crippen molar-refractivity contribution in [3.63, 3.8) is 0 Å². The van der Waals surface area contributed by atoms with Gasteiger partial charge in [-0.15, -0.1) is 0 Å². The minimum Gasteiger partial charge on any atom is -0.466 e. The zero-order chi connectivity index (χ0) is 21.7. The molecule has 2 amide bonds. The number of carbonyl (C=O) groups is 3. The lowest BCUT2D eigenvalue weighted by molar-refractivity contribution is -0.155. The van der Waals surface area contributed by atoms with Gasteiger partial charge < -0.3 is 20.1 Å². The van der Waals surface area contributed by atoms with Crippen LogP contribution in [0.3, 0.4) is 0 Å². The number of β-amino-alcohol motifs (C(OH)–C–C–N with tert-alkyl or cyclic N) is 1. The van der Waals surface area contributed by atoms with Gasteiger partial charge in [-0.1, -0.05) is 49.4 Å². The van der Waals surface area contributed by atoms with Gasteiger partial charge in [0.25, 0.3) is 0 Å². The molecule has 7 heteroatoms. The summed E-state index contributed by atoms with van der Waals surface area (Å²) in [7, 11) is 0. The van der Waals surface area contributed by atoms with E-state index in [1.54, 1.807) is 6.92 Å². The molecule has 0 aromatic heterocycles. The van der Waals surface area contributed by atoms with Gasteiger partial charge >= 0.3 is 5.97 Å². The minimum absolute atomic E-state index is 0.0510. The van der Waals surface area contributed by atoms with E-state index < -0.39 is 29.8 Å². The highest BCUT2D eigenvalue weighted by molar-refractivity contribution is 5.96. The molecule has 1 aliphatic carbocycles. The Kier molecular flexibility index (Phi) is 7.26. The van der Waals surface area contributed by atoms with Gasteiger partial charge in [0.05, 0.1) is 25.0 Å². The van der Waals surface area contributed by atoms with Gasteiger partial charge in [0, 0.05) is 19.0 Å². The highest BCUT2D eigenvalue weighted by atomic mass is 16.5. The fraction of sp³-hybridized carbons (Fsp3) is 0.522. The molecule has 1 fully saturated rings. The summed E-state index contributed by atoms with van der Waals surface area (Å²) in [6.45, 7) is 4.09. The maximum Gasteiger partial charge on any atom is 0.310 e. The van der Waals surface area contributed by atoms with Crippen molar-refractivity contribution in [3.05, 3.63) is 48.0 Å². The Morgan fingerprint density at radius 3 is 2.53 bits per heavy atom. The van der Waals surface area contributed by atoms with Crippen LogP contribution in [-0.4, -0.2) is 53.6 Å². The third kappa shape index (κ3) is 4.26. The number of aliphatic hydroxyl groups excluding tert-OH is 1. The van der Waals surface area contributed by atoms with Crippen molar-refractivity contribution in [3.8, 4) is 0 Å². The zero-order valence-corrected chi connectivity index (χ0v) is 17.5. The first-order valence-corrected chi connectivity index (χ1v) is 10.6. The molecule has 1 aromatic carbocycles. The van der Waals surface area contributed by atoms with E-state index in [0.717, 1.165) is 5.56 Å². The topological polar surface area (TPSA) is 95.9 Å². The van der Waals surface area contributed by atoms with Gasteiger partial charge in [-0.2, -0.15) is 0 Å². The van der Waals surface area contributed by atoms with Crippen molar-refractivity contribution in [1.29, 1.82) is 0 Å². The Morgan fingerprint density at radius 1 is 1.17 bits per heavy atom. The number of amides is 2. The van der Waals surface area contributed by atoms with E-state index in [0.29, 0.717) is 13.0 Å². The molecule has 1 aliphatic heterocycles. The van der Waals surface area contributed by atoms with Crippen LogP contribution in [0.1, 0.15) is 25.8 Å². The second kappa shape index (κ2) is 9.89. The monoisotopic (exact) mass is 414 g/mol. The maximum atomic E-state index is 13.3. The summed E-state index contributed by atoms with van der Waals surface area (Å²) in [5.74, 6) is -2.77. The largest absolute Gasteiger partial charge is 0.466 e. The van der Waals surface area contributed by atoms with Gasteiger partial charge in [0.2, 0.25) is 11.8 Å². The van der Waals surface area contributed by atoms with Crippen LogP contribution in [0.2, 0.25) is 0 Å². The summed E-state index contributed by atoms with van der Waals surface area (Å²) >= 11 is 0. The highest BCUT2D eigenvalue weighted by Gasteiger charge is 2.57. The fourth-order valence-electron chi connectivity index (χ4n) is 4.69. The van der Waals surface area contributed by atoms with Gasteiger partial charge in [-0.05, 0) is 24.8 Å². The summed E-state index contributed by atoms with van der Waals surface area (Å²) in [5.41, 5.74) is 0.954. The molecular weight excluding hydrogens is 384 g/mol. The first-order chi connectivity index (χ1) is 14.5. The smallest absolute Gasteiger partial charge is 0.310 e. The second-order valence-electron chi connectivity index (χ2n) is 7.74. The van der Waals surface area contributed by atoms with Gasteiger partial charge in [0.1, 0.15) is 6.04 Å². The van der Waals surface area contributed by atoms with Gasteiger partial charge in [0.15, 0.2) is 0 Å². The molecule has 0 saturated carbocycles. The summed E-state index contributed by atoms with van der Waals surface area (Å²) < 4.78 is 5.27. The van der Waals surface area contributed by atoms with Crippen LogP contribution in [0.5, 0.6) is 0 Å². The maximum absolute atomic E-state index is 13.3. The lowest BCUT2D eigenvalue weighted by Gasteiger charge is -2.33. The lowest BCUT2D eigenvalue weighted by atomic mass is 9.69. The van der Waals surface area contributed by atoms with Gasteiger partial charge in [-0.25, -0.2) is 0 Å². The predicted octanol–water partition coefficient (Wildman–Crippen LogP) is 1.51. The van der Waals surface area contributed by atoms with E-state index in [1.807, 2.05) is 49.4 Å². The third-order valence-corrected chi connectivity index (χ3v) is 6.06. The van der Waals surface area contributed by atoms with Crippen LogP contribution in [0, 0.1) is 23.7 Å². The number of hydrogen-bond acceptors (Lipinski definition) is 5. The van der Waals surface area contributed by atoms with Crippen LogP contribution in [0.25, 0.3) is 0 Å². The van der Waals surface area contributed by atoms with Crippen LogP contribution >= 0.6 is 0 Å². The SMILES string of the molecule is CCOC(=O)[C@H]1[C@@H]2C(=O)N(CCO)[C@H](C(=O)NCc3ccccc3)[C@H]2C=C[C@H]1CC. The molecule has 3 rings (SSSR count). The van der Waals surface area contributed by atoms with E-state index in [-0.39, 0.29) is 37.5 Å². The van der Waals surface area contributed by atoms with Crippen molar-refractivity contribution in [2.45, 2.75) is 32.9 Å². The van der Waals surface area contributed by atoms with Crippen molar-refractivity contribution in [1.82, 2.24) is 10.2 Å². The quantitative estimate of drug-likeness (QED) is 0.497. The zero-order valence-electron chi connectivity index (χ0n) is 17.5. The van der Waals surface area contributed by atoms with E-state index in [4.69, 9.17) is 4.74 Å². The molecule has 0 bridgehead atoms. The average molecular weight is 415 g/mol. The van der Waals surface area contributed by atoms with E-state index in [9.17, 15) is 19.5 Å². The summed E-state index contributed by atoms with van der Waals surface area (Å²) in [6, 6.07) is 8.76. The highest BCUT2D eigenvalue weighted by Crippen LogP contribution is 2.45. The number of fused-ring (bicyclic) bond motifs is 1. The molecule has 0 spiro atoms. The van der Waals surface area contributed by atoms with Crippen molar-refractivity contribution < 1.29 is 24.2 Å². The number of ether oxygens (including phenoxy) is 1. The van der Waals surface area contributed by atoms with E-state index in [2.05, 4.69) is 5.32 Å². The van der Waals surface area contributed by atoms with Crippen LogP contribution in [-0.2, 0) is 25.7 Å². The molecule has 1 heterocycles. The normalized spacial score (nSPS) is 27.6. The summed E-state index contributed by atoms with van der Waals surface area (Å²) in [4.78, 5) is 40.6. The molecule has 5 atom stereocenters. The minimum atomic E-state index is -0.760. The Morgan fingerprint density at radius 2 is 1.90 bits per heavy atom. The molecule has 1 aromatic rings. The molecule has 30 heavy (non-hydrogen) atoms. The number of hydrogen-bond donors (Lipinski definition) is 2. The van der Waals surface area contributed by atoms with E-state index >= 15 is 0 Å². The number of esters is 1. The number of rotatable bonds is 8. The standard InChI is InChI=1S/C23H30N2O5/c1-3-16-10-11-17-19(18(16)23(29)30-4-2)22(28)25(12-13-26)20(17)21(27)24-14-15-8-6-5-7-9-15/h5-11,16-20,26H,3-4,12-14H2,1-2H3,(H,24,27)/t16-,17+,18-,19-,20+/m1/s1. The Labute approximate surface area is 177 Å². The van der Waals surface area contributed by atoms with Crippen molar-refractivity contribution in [2.24, 2.45) is 23.7 Å². The molecule has 0 radical (unpaired) electrons. The van der Waals surface area contributed by atoms with Crippen LogP contribution in [0.15, 0.2) is 42.5 Å². The van der Waals surface area contributed by atoms with Crippen LogP contribution in [0.4, 0.5) is 0 Å². The number of aliphatic hydroxyl groups is 1. The van der Waals surface area contributed by atoms with Crippen molar-refractivity contribution >= 4 is 17.8 Å². The summed E-state index contributed by atoms with van der Waals surface area (Å²) in [6.07, 6.45) is 4.54. The first kappa shape index (κ1) is 22.0. The molecular formula is C23H30N2O5. The van der Waals surface area contributed by atoms with Gasteiger partial charge in [-0.3, -0.25) is 14.4 Å². The predicted molar refractivity (Wildman–Crippen MR) is 111 cm³/mol. The van der Waals surface area contributed by atoms with Crippen LogP contribution < -0.4 is 5.32 Å². The van der Waals surface area contributed by atoms with E-state index in [1.165, 1.54) is 4.90 Å². The number of carbonyl (C=O) groups excluding carboxylic acids is 3. The summed E-state index contributed by atoms with van der Waals surface area (Å²) in [5, 5.41) is 12.4. The number of likely N-dealkylation sites (tertiary alicyclic amines) is 1. The molecule has 2 N–H and O–H groups in total. The first-order valence-electron chi connectivity index (χ1n) is 10.6. The third-order valence-electron chi connectivity index (χ3n) is 6.06.